The zero-order chi connectivity index (χ0) is 18.0. The molecule has 0 atom stereocenters. The third-order valence-electron chi connectivity index (χ3n) is 5.66. The molecule has 3 heteroatoms. The molecule has 0 saturated heterocycles. The van der Waals surface area contributed by atoms with Crippen LogP contribution in [0.5, 0.6) is 0 Å². The van der Waals surface area contributed by atoms with Gasteiger partial charge in [0.2, 0.25) is 6.33 Å². The van der Waals surface area contributed by atoms with E-state index in [1.807, 2.05) is 24.3 Å². The van der Waals surface area contributed by atoms with E-state index in [-0.39, 0.29) is 10.8 Å². The van der Waals surface area contributed by atoms with Crippen LogP contribution in [0, 0.1) is 11.3 Å². The summed E-state index contributed by atoms with van der Waals surface area (Å²) >= 11 is 0. The first kappa shape index (κ1) is 15.9. The molecule has 3 aromatic rings. The molecule has 4 rings (SSSR count). The first-order valence-electron chi connectivity index (χ1n) is 8.79. The summed E-state index contributed by atoms with van der Waals surface area (Å²) in [4.78, 5) is 0. The molecule has 3 nitrogen and oxygen atoms in total. The lowest BCUT2D eigenvalue weighted by Crippen LogP contribution is -2.26. The number of fused-ring (bicyclic) bond motifs is 2. The van der Waals surface area contributed by atoms with E-state index in [0.29, 0.717) is 5.56 Å². The molecule has 1 heterocycles. The highest BCUT2D eigenvalue weighted by Crippen LogP contribution is 2.50. The highest BCUT2D eigenvalue weighted by molar-refractivity contribution is 5.78. The quantitative estimate of drug-likeness (QED) is 0.613. The van der Waals surface area contributed by atoms with Crippen molar-refractivity contribution in [2.45, 2.75) is 44.9 Å². The number of nitrogens with zero attached hydrogens (tertiary/aromatic N) is 3. The Kier molecular flexibility index (Phi) is 3.15. The lowest BCUT2D eigenvalue weighted by Gasteiger charge is -2.22. The normalized spacial score (nSPS) is 17.4. The van der Waals surface area contributed by atoms with Crippen LogP contribution in [0.15, 0.2) is 42.7 Å². The van der Waals surface area contributed by atoms with E-state index >= 15 is 0 Å². The van der Waals surface area contributed by atoms with E-state index in [1.165, 1.54) is 28.6 Å². The first-order chi connectivity index (χ1) is 11.7. The molecule has 1 aromatic heterocycles. The van der Waals surface area contributed by atoms with Crippen LogP contribution >= 0.6 is 0 Å². The maximum Gasteiger partial charge on any atom is 0.249 e. The Balaban J connectivity index is 1.98. The summed E-state index contributed by atoms with van der Waals surface area (Å²) < 4.78 is 4.41. The lowest BCUT2D eigenvalue weighted by atomic mass is 9.82. The summed E-state index contributed by atoms with van der Waals surface area (Å²) in [5.41, 5.74) is 7.55. The van der Waals surface area contributed by atoms with Gasteiger partial charge < -0.3 is 0 Å². The molecule has 0 amide bonds. The van der Waals surface area contributed by atoms with Crippen molar-refractivity contribution in [1.82, 2.24) is 4.57 Å². The van der Waals surface area contributed by atoms with E-state index in [4.69, 9.17) is 5.26 Å². The van der Waals surface area contributed by atoms with Crippen LogP contribution in [0.4, 0.5) is 0 Å². The minimum atomic E-state index is 0.186. The molecular weight excluding hydrogens is 306 g/mol. The van der Waals surface area contributed by atoms with Crippen LogP contribution in [0.2, 0.25) is 0 Å². The van der Waals surface area contributed by atoms with Gasteiger partial charge in [-0.2, -0.15) is 9.83 Å². The van der Waals surface area contributed by atoms with E-state index in [2.05, 4.69) is 68.4 Å². The van der Waals surface area contributed by atoms with Gasteiger partial charge in [0, 0.05) is 0 Å². The van der Waals surface area contributed by atoms with Crippen molar-refractivity contribution in [2.75, 3.05) is 0 Å². The predicted octanol–water partition coefficient (Wildman–Crippen LogP) is 4.29. The smallest absolute Gasteiger partial charge is 0.232 e. The summed E-state index contributed by atoms with van der Waals surface area (Å²) in [6, 6.07) is 14.7. The molecule has 0 fully saturated rings. The van der Waals surface area contributed by atoms with Gasteiger partial charge in [-0.15, -0.1) is 0 Å². The highest BCUT2D eigenvalue weighted by atomic mass is 15.1. The average Bonchev–Trinajstić information content (AvgIpc) is 2.98. The van der Waals surface area contributed by atoms with Gasteiger partial charge in [-0.3, -0.25) is 0 Å². The molecule has 0 spiro atoms. The zero-order valence-electron chi connectivity index (χ0n) is 15.6. The van der Waals surface area contributed by atoms with Gasteiger partial charge in [0.25, 0.3) is 0 Å². The van der Waals surface area contributed by atoms with E-state index in [9.17, 15) is 0 Å². The number of aryl methyl sites for hydroxylation is 1. The third-order valence-corrected chi connectivity index (χ3v) is 5.66. The standard InChI is InChI=1S/C22H24N3/c1-21(2)13-22(3,4)18-11-20-19(10-17(18)21)24(5)14-25(20)16-8-6-15(12-23)7-9-16/h6-11,14H,13H2,1-5H3/q+1. The van der Waals surface area contributed by atoms with Crippen molar-refractivity contribution >= 4 is 11.0 Å². The largest absolute Gasteiger partial charge is 0.249 e. The Hall–Kier alpha value is -2.60. The molecule has 0 radical (unpaired) electrons. The number of imidazole rings is 1. The van der Waals surface area contributed by atoms with Crippen LogP contribution in [-0.4, -0.2) is 4.57 Å². The summed E-state index contributed by atoms with van der Waals surface area (Å²) in [6.45, 7) is 9.40. The van der Waals surface area contributed by atoms with Crippen LogP contribution in [0.3, 0.4) is 0 Å². The molecule has 0 bridgehead atoms. The minimum Gasteiger partial charge on any atom is -0.232 e. The molecule has 1 aliphatic rings. The van der Waals surface area contributed by atoms with Gasteiger partial charge in [0.05, 0.1) is 18.7 Å². The van der Waals surface area contributed by atoms with Gasteiger partial charge >= 0.3 is 0 Å². The number of hydrogen-bond acceptors (Lipinski definition) is 1. The van der Waals surface area contributed by atoms with Crippen molar-refractivity contribution < 1.29 is 4.57 Å². The predicted molar refractivity (Wildman–Crippen MR) is 99.8 cm³/mol. The Morgan fingerprint density at radius 2 is 1.60 bits per heavy atom. The van der Waals surface area contributed by atoms with E-state index in [0.717, 1.165) is 5.69 Å². The van der Waals surface area contributed by atoms with Crippen LogP contribution in [-0.2, 0) is 17.9 Å². The fraction of sp³-hybridized carbons (Fsp3) is 0.364. The second-order valence-electron chi connectivity index (χ2n) is 8.59. The van der Waals surface area contributed by atoms with Crippen molar-refractivity contribution in [3.05, 3.63) is 59.4 Å². The molecular formula is C22H24N3+. The monoisotopic (exact) mass is 330 g/mol. The van der Waals surface area contributed by atoms with Gasteiger partial charge in [-0.05, 0) is 64.8 Å². The molecule has 0 aliphatic heterocycles. The Morgan fingerprint density at radius 3 is 2.20 bits per heavy atom. The summed E-state index contributed by atoms with van der Waals surface area (Å²) in [5.74, 6) is 0. The molecule has 0 N–H and O–H groups in total. The molecule has 0 unspecified atom stereocenters. The molecule has 2 aromatic carbocycles. The Labute approximate surface area is 149 Å². The number of benzene rings is 2. The fourth-order valence-electron chi connectivity index (χ4n) is 4.67. The molecule has 0 saturated carbocycles. The second kappa shape index (κ2) is 4.95. The lowest BCUT2D eigenvalue weighted by molar-refractivity contribution is -0.645. The molecule has 25 heavy (non-hydrogen) atoms. The van der Waals surface area contributed by atoms with Crippen LogP contribution in [0.25, 0.3) is 16.7 Å². The van der Waals surface area contributed by atoms with Crippen molar-refractivity contribution in [3.8, 4) is 11.8 Å². The zero-order valence-corrected chi connectivity index (χ0v) is 15.6. The third kappa shape index (κ3) is 2.28. The maximum atomic E-state index is 9.03. The first-order valence-corrected chi connectivity index (χ1v) is 8.79. The van der Waals surface area contributed by atoms with Crippen molar-refractivity contribution in [1.29, 1.82) is 5.26 Å². The summed E-state index contributed by atoms with van der Waals surface area (Å²) in [5, 5.41) is 9.03. The number of hydrogen-bond donors (Lipinski definition) is 0. The van der Waals surface area contributed by atoms with Gasteiger partial charge in [0.1, 0.15) is 5.69 Å². The average molecular weight is 330 g/mol. The van der Waals surface area contributed by atoms with E-state index in [1.54, 1.807) is 0 Å². The Morgan fingerprint density at radius 1 is 1.00 bits per heavy atom. The number of aromatic nitrogens is 2. The fourth-order valence-corrected chi connectivity index (χ4v) is 4.67. The highest BCUT2D eigenvalue weighted by Gasteiger charge is 2.43. The van der Waals surface area contributed by atoms with Gasteiger partial charge in [-0.25, -0.2) is 4.57 Å². The van der Waals surface area contributed by atoms with Crippen LogP contribution in [0.1, 0.15) is 50.8 Å². The van der Waals surface area contributed by atoms with Crippen LogP contribution < -0.4 is 4.57 Å². The summed E-state index contributed by atoms with van der Waals surface area (Å²) in [7, 11) is 2.10. The number of rotatable bonds is 1. The minimum absolute atomic E-state index is 0.186. The van der Waals surface area contributed by atoms with Gasteiger partial charge in [0.15, 0.2) is 11.0 Å². The topological polar surface area (TPSA) is 32.6 Å². The van der Waals surface area contributed by atoms with Gasteiger partial charge in [-0.1, -0.05) is 27.7 Å². The SMILES string of the molecule is C[n+]1cn(-c2ccc(C#N)cc2)c2cc3c(cc21)C(C)(C)CC3(C)C. The molecule has 1 aliphatic carbocycles. The number of nitriles is 1. The van der Waals surface area contributed by atoms with Crippen molar-refractivity contribution in [3.63, 3.8) is 0 Å². The molecule has 126 valence electrons. The Bertz CT molecular complexity index is 1030. The second-order valence-corrected chi connectivity index (χ2v) is 8.59. The van der Waals surface area contributed by atoms with E-state index < -0.39 is 0 Å². The van der Waals surface area contributed by atoms with Crippen molar-refractivity contribution in [2.24, 2.45) is 7.05 Å². The maximum absolute atomic E-state index is 9.03. The summed E-state index contributed by atoms with van der Waals surface area (Å²) in [6.07, 6.45) is 3.30.